The molecule has 132 valence electrons. The second-order valence-corrected chi connectivity index (χ2v) is 4.91. The molecule has 1 heterocycles. The Bertz CT molecular complexity index is 628. The Morgan fingerprint density at radius 3 is 2.62 bits per heavy atom. The fraction of sp³-hybridized carbons (Fsp3) is 0.400. The zero-order chi connectivity index (χ0) is 16.7. The number of ether oxygens (including phenoxy) is 2. The Morgan fingerprint density at radius 1 is 1.33 bits per heavy atom. The quantitative estimate of drug-likeness (QED) is 0.647. The van der Waals surface area contributed by atoms with Gasteiger partial charge in [0.2, 0.25) is 5.91 Å². The average molecular weight is 356 g/mol. The first kappa shape index (κ1) is 19.9. The minimum Gasteiger partial charge on any atom is -0.497 e. The van der Waals surface area contributed by atoms with E-state index in [2.05, 4.69) is 20.5 Å². The first-order valence-electron chi connectivity index (χ1n) is 7.21. The van der Waals surface area contributed by atoms with E-state index in [1.807, 2.05) is 24.3 Å². The maximum atomic E-state index is 11.8. The highest BCUT2D eigenvalue weighted by atomic mass is 35.5. The topological polar surface area (TPSA) is 115 Å². The fourth-order valence-electron chi connectivity index (χ4n) is 1.97. The second kappa shape index (κ2) is 9.86. The Hall–Kier alpha value is -2.16. The lowest BCUT2D eigenvalue weighted by molar-refractivity contribution is -0.123. The Morgan fingerprint density at radius 2 is 2.04 bits per heavy atom. The Kier molecular flexibility index (Phi) is 8.17. The molecule has 0 bridgehead atoms. The summed E-state index contributed by atoms with van der Waals surface area (Å²) in [5.74, 6) is 1.76. The van der Waals surface area contributed by atoms with E-state index in [9.17, 15) is 4.79 Å². The number of amides is 1. The summed E-state index contributed by atoms with van der Waals surface area (Å²) in [6, 6.07) is 7.42. The molecular formula is C15H22ClN5O3. The van der Waals surface area contributed by atoms with Gasteiger partial charge in [-0.1, -0.05) is 0 Å². The van der Waals surface area contributed by atoms with Crippen molar-refractivity contribution in [2.24, 2.45) is 5.73 Å². The maximum absolute atomic E-state index is 11.8. The largest absolute Gasteiger partial charge is 0.497 e. The van der Waals surface area contributed by atoms with Crippen molar-refractivity contribution in [3.8, 4) is 17.1 Å². The van der Waals surface area contributed by atoms with Crippen LogP contribution in [-0.4, -0.2) is 48.0 Å². The highest BCUT2D eigenvalue weighted by Crippen LogP contribution is 2.18. The minimum absolute atomic E-state index is 0. The van der Waals surface area contributed by atoms with Crippen LogP contribution in [-0.2, 0) is 16.1 Å². The molecule has 2 rings (SSSR count). The van der Waals surface area contributed by atoms with Crippen molar-refractivity contribution in [3.05, 3.63) is 30.1 Å². The van der Waals surface area contributed by atoms with Gasteiger partial charge in [-0.05, 0) is 24.3 Å². The summed E-state index contributed by atoms with van der Waals surface area (Å²) in [4.78, 5) is 16.1. The molecular weight excluding hydrogens is 334 g/mol. The number of hydrogen-bond acceptors (Lipinski definition) is 6. The monoisotopic (exact) mass is 355 g/mol. The number of rotatable bonds is 8. The van der Waals surface area contributed by atoms with Crippen LogP contribution in [0.2, 0.25) is 0 Å². The normalized spacial score (nSPS) is 11.5. The third kappa shape index (κ3) is 5.48. The van der Waals surface area contributed by atoms with Crippen LogP contribution in [0.15, 0.2) is 24.3 Å². The van der Waals surface area contributed by atoms with Crippen molar-refractivity contribution in [3.63, 3.8) is 0 Å². The first-order chi connectivity index (χ1) is 11.2. The van der Waals surface area contributed by atoms with Crippen LogP contribution in [0.1, 0.15) is 12.2 Å². The highest BCUT2D eigenvalue weighted by Gasteiger charge is 2.12. The molecule has 0 radical (unpaired) electrons. The van der Waals surface area contributed by atoms with Gasteiger partial charge < -0.3 is 20.5 Å². The molecule has 0 spiro atoms. The average Bonchev–Trinajstić information content (AvgIpc) is 3.07. The summed E-state index contributed by atoms with van der Waals surface area (Å²) in [5.41, 5.74) is 6.35. The van der Waals surface area contributed by atoms with Crippen LogP contribution in [0.3, 0.4) is 0 Å². The van der Waals surface area contributed by atoms with Crippen molar-refractivity contribution in [1.29, 1.82) is 0 Å². The van der Waals surface area contributed by atoms with Gasteiger partial charge in [0.15, 0.2) is 5.82 Å². The Labute approximate surface area is 146 Å². The molecule has 0 saturated heterocycles. The lowest BCUT2D eigenvalue weighted by Crippen LogP contribution is -2.32. The van der Waals surface area contributed by atoms with Crippen LogP contribution < -0.4 is 15.8 Å². The summed E-state index contributed by atoms with van der Waals surface area (Å²) >= 11 is 0. The lowest BCUT2D eigenvalue weighted by Gasteiger charge is -2.11. The molecule has 2 aromatic rings. The van der Waals surface area contributed by atoms with E-state index in [-0.39, 0.29) is 37.4 Å². The summed E-state index contributed by atoms with van der Waals surface area (Å²) in [6.45, 7) is 0.566. The number of benzene rings is 1. The van der Waals surface area contributed by atoms with Gasteiger partial charge in [-0.2, -0.15) is 5.10 Å². The van der Waals surface area contributed by atoms with Crippen molar-refractivity contribution in [2.45, 2.75) is 19.1 Å². The second-order valence-electron chi connectivity index (χ2n) is 4.91. The predicted octanol–water partition coefficient (Wildman–Crippen LogP) is 0.882. The van der Waals surface area contributed by atoms with Gasteiger partial charge in [-0.3, -0.25) is 9.89 Å². The highest BCUT2D eigenvalue weighted by molar-refractivity contribution is 5.85. The summed E-state index contributed by atoms with van der Waals surface area (Å²) in [7, 11) is 3.14. The molecule has 0 saturated carbocycles. The van der Waals surface area contributed by atoms with E-state index in [4.69, 9.17) is 15.2 Å². The van der Waals surface area contributed by atoms with Crippen LogP contribution >= 0.6 is 12.4 Å². The number of H-pyrrole nitrogens is 1. The standard InChI is InChI=1S/C15H21N5O3.ClH/c1-22-11-5-3-10(4-6-11)15-18-13(19-20-15)9-17-14(21)7-12(8-16)23-2;/h3-6,12H,7-9,16H2,1-2H3,(H,17,21)(H,18,19,20);1H. The molecule has 0 aliphatic heterocycles. The number of carbonyl (C=O) groups excluding carboxylic acids is 1. The molecule has 1 aromatic heterocycles. The molecule has 0 aliphatic rings. The number of aromatic nitrogens is 3. The van der Waals surface area contributed by atoms with Crippen LogP contribution in [0.5, 0.6) is 5.75 Å². The van der Waals surface area contributed by atoms with Crippen LogP contribution in [0, 0.1) is 0 Å². The zero-order valence-electron chi connectivity index (χ0n) is 13.6. The Balaban J connectivity index is 0.00000288. The van der Waals surface area contributed by atoms with Crippen molar-refractivity contribution in [1.82, 2.24) is 20.5 Å². The number of nitrogens with two attached hydrogens (primary N) is 1. The van der Waals surface area contributed by atoms with E-state index >= 15 is 0 Å². The molecule has 1 aromatic carbocycles. The third-order valence-electron chi connectivity index (χ3n) is 3.34. The number of carbonyl (C=O) groups is 1. The van der Waals surface area contributed by atoms with Crippen LogP contribution in [0.4, 0.5) is 0 Å². The van der Waals surface area contributed by atoms with Gasteiger partial charge in [0.05, 0.1) is 26.2 Å². The molecule has 1 amide bonds. The van der Waals surface area contributed by atoms with Gasteiger partial charge in [0.1, 0.15) is 11.6 Å². The number of hydrogen-bond donors (Lipinski definition) is 3. The predicted molar refractivity (Wildman–Crippen MR) is 91.9 cm³/mol. The van der Waals surface area contributed by atoms with Crippen molar-refractivity contribution >= 4 is 18.3 Å². The zero-order valence-corrected chi connectivity index (χ0v) is 14.4. The molecule has 4 N–H and O–H groups in total. The molecule has 1 atom stereocenters. The van der Waals surface area contributed by atoms with Gasteiger partial charge in [-0.15, -0.1) is 12.4 Å². The van der Waals surface area contributed by atoms with Gasteiger partial charge in [0.25, 0.3) is 0 Å². The lowest BCUT2D eigenvalue weighted by atomic mass is 10.2. The molecule has 8 nitrogen and oxygen atoms in total. The first-order valence-corrected chi connectivity index (χ1v) is 7.21. The SMILES string of the molecule is COc1ccc(-c2n[nH]c(CNC(=O)CC(CN)OC)n2)cc1.Cl. The molecule has 24 heavy (non-hydrogen) atoms. The van der Waals surface area contributed by atoms with E-state index < -0.39 is 0 Å². The maximum Gasteiger partial charge on any atom is 0.223 e. The van der Waals surface area contributed by atoms with Gasteiger partial charge in [-0.25, -0.2) is 4.98 Å². The van der Waals surface area contributed by atoms with Gasteiger partial charge >= 0.3 is 0 Å². The summed E-state index contributed by atoms with van der Waals surface area (Å²) in [6.07, 6.45) is -0.0634. The number of methoxy groups -OCH3 is 2. The van der Waals surface area contributed by atoms with Gasteiger partial charge in [0, 0.05) is 19.2 Å². The molecule has 9 heteroatoms. The smallest absolute Gasteiger partial charge is 0.223 e. The summed E-state index contributed by atoms with van der Waals surface area (Å²) < 4.78 is 10.2. The minimum atomic E-state index is -0.278. The fourth-order valence-corrected chi connectivity index (χ4v) is 1.97. The number of nitrogens with one attached hydrogen (secondary N) is 2. The molecule has 0 fully saturated rings. The van der Waals surface area contributed by atoms with Crippen LogP contribution in [0.25, 0.3) is 11.4 Å². The molecule has 1 unspecified atom stereocenters. The number of aromatic amines is 1. The third-order valence-corrected chi connectivity index (χ3v) is 3.34. The van der Waals surface area contributed by atoms with E-state index in [0.717, 1.165) is 11.3 Å². The van der Waals surface area contributed by atoms with Crippen molar-refractivity contribution in [2.75, 3.05) is 20.8 Å². The summed E-state index contributed by atoms with van der Waals surface area (Å²) in [5, 5.41) is 9.70. The van der Waals surface area contributed by atoms with Crippen molar-refractivity contribution < 1.29 is 14.3 Å². The van der Waals surface area contributed by atoms with E-state index in [1.165, 1.54) is 7.11 Å². The number of nitrogens with zero attached hydrogens (tertiary/aromatic N) is 2. The van der Waals surface area contributed by atoms with E-state index in [0.29, 0.717) is 18.2 Å². The number of halogens is 1. The van der Waals surface area contributed by atoms with E-state index in [1.54, 1.807) is 7.11 Å². The molecule has 0 aliphatic carbocycles.